The molecule has 2 N–H and O–H groups in total. The highest BCUT2D eigenvalue weighted by atomic mass is 32.1. The van der Waals surface area contributed by atoms with Gasteiger partial charge in [-0.3, -0.25) is 9.59 Å². The molecule has 0 aliphatic carbocycles. The van der Waals surface area contributed by atoms with Gasteiger partial charge in [-0.15, -0.1) is 0 Å². The molecule has 2 aromatic rings. The molecule has 2 unspecified atom stereocenters. The largest absolute Gasteiger partial charge is 0.391 e. The van der Waals surface area contributed by atoms with Crippen molar-refractivity contribution in [3.8, 4) is 11.1 Å². The van der Waals surface area contributed by atoms with E-state index in [1.807, 2.05) is 29.0 Å². The van der Waals surface area contributed by atoms with Crippen LogP contribution in [-0.4, -0.2) is 40.5 Å². The molecular formula is C16H14N2O3S. The summed E-state index contributed by atoms with van der Waals surface area (Å²) in [4.78, 5) is 26.5. The number of anilines is 1. The fourth-order valence-electron chi connectivity index (χ4n) is 3.10. The molecule has 2 aliphatic heterocycles. The average molecular weight is 314 g/mol. The number of amides is 2. The number of carbonyl (C=O) groups is 2. The molecule has 1 aromatic heterocycles. The van der Waals surface area contributed by atoms with Crippen LogP contribution in [0.15, 0.2) is 35.0 Å². The quantitative estimate of drug-likeness (QED) is 0.845. The van der Waals surface area contributed by atoms with Crippen molar-refractivity contribution in [2.24, 2.45) is 0 Å². The Labute approximate surface area is 131 Å². The lowest BCUT2D eigenvalue weighted by molar-refractivity contribution is -0.119. The minimum absolute atomic E-state index is 0.202. The van der Waals surface area contributed by atoms with E-state index in [0.29, 0.717) is 17.7 Å². The number of aliphatic hydroxyl groups excluding tert-OH is 1. The van der Waals surface area contributed by atoms with Gasteiger partial charge in [0, 0.05) is 13.0 Å². The Morgan fingerprint density at radius 3 is 2.86 bits per heavy atom. The van der Waals surface area contributed by atoms with Crippen LogP contribution in [0.5, 0.6) is 0 Å². The third-order valence-corrected chi connectivity index (χ3v) is 4.89. The Kier molecular flexibility index (Phi) is 3.02. The summed E-state index contributed by atoms with van der Waals surface area (Å²) >= 11 is 1.59. The molecule has 1 aromatic carbocycles. The summed E-state index contributed by atoms with van der Waals surface area (Å²) in [6.07, 6.45) is -0.343. The molecule has 1 fully saturated rings. The number of fused-ring (bicyclic) bond motifs is 2. The van der Waals surface area contributed by atoms with Gasteiger partial charge in [0.25, 0.3) is 5.91 Å². The molecule has 0 spiro atoms. The van der Waals surface area contributed by atoms with Crippen LogP contribution in [0.3, 0.4) is 0 Å². The fraction of sp³-hybridized carbons (Fsp3) is 0.250. The maximum atomic E-state index is 12.8. The van der Waals surface area contributed by atoms with Crippen LogP contribution < -0.4 is 5.32 Å². The summed E-state index contributed by atoms with van der Waals surface area (Å²) in [6.45, 7) is 0.207. The van der Waals surface area contributed by atoms with Crippen molar-refractivity contribution in [1.82, 2.24) is 4.90 Å². The van der Waals surface area contributed by atoms with E-state index in [1.165, 1.54) is 4.90 Å². The molecule has 1 saturated heterocycles. The van der Waals surface area contributed by atoms with E-state index >= 15 is 0 Å². The van der Waals surface area contributed by atoms with Crippen molar-refractivity contribution in [2.45, 2.75) is 18.6 Å². The van der Waals surface area contributed by atoms with Gasteiger partial charge in [-0.25, -0.2) is 0 Å². The molecule has 2 atom stereocenters. The van der Waals surface area contributed by atoms with Gasteiger partial charge in [0.1, 0.15) is 6.04 Å². The Hall–Kier alpha value is -2.18. The highest BCUT2D eigenvalue weighted by Gasteiger charge is 2.42. The van der Waals surface area contributed by atoms with E-state index < -0.39 is 12.1 Å². The minimum atomic E-state index is -0.638. The van der Waals surface area contributed by atoms with Gasteiger partial charge in [-0.1, -0.05) is 6.07 Å². The molecule has 22 heavy (non-hydrogen) atoms. The molecule has 4 rings (SSSR count). The highest BCUT2D eigenvalue weighted by molar-refractivity contribution is 7.08. The average Bonchev–Trinajstić information content (AvgIpc) is 3.14. The molecule has 6 heteroatoms. The molecule has 2 amide bonds. The lowest BCUT2D eigenvalue weighted by atomic mass is 10.0. The minimum Gasteiger partial charge on any atom is -0.391 e. The molecule has 2 aliphatic rings. The van der Waals surface area contributed by atoms with E-state index in [9.17, 15) is 14.7 Å². The van der Waals surface area contributed by atoms with Crippen LogP contribution in [0.25, 0.3) is 11.1 Å². The van der Waals surface area contributed by atoms with Gasteiger partial charge in [-0.2, -0.15) is 11.3 Å². The molecule has 3 heterocycles. The van der Waals surface area contributed by atoms with Crippen LogP contribution in [0.4, 0.5) is 5.69 Å². The smallest absolute Gasteiger partial charge is 0.256 e. The second-order valence-corrected chi connectivity index (χ2v) is 6.40. The lowest BCUT2D eigenvalue weighted by Crippen LogP contribution is -2.40. The van der Waals surface area contributed by atoms with E-state index in [1.54, 1.807) is 17.4 Å². The first kappa shape index (κ1) is 13.5. The van der Waals surface area contributed by atoms with Crippen LogP contribution in [0.1, 0.15) is 16.8 Å². The van der Waals surface area contributed by atoms with E-state index in [0.717, 1.165) is 11.1 Å². The van der Waals surface area contributed by atoms with Gasteiger partial charge < -0.3 is 15.3 Å². The summed E-state index contributed by atoms with van der Waals surface area (Å²) in [7, 11) is 0. The number of thiophene rings is 1. The van der Waals surface area contributed by atoms with Crippen molar-refractivity contribution < 1.29 is 14.7 Å². The maximum Gasteiger partial charge on any atom is 0.256 e. The number of benzene rings is 1. The number of rotatable bonds is 1. The second-order valence-electron chi connectivity index (χ2n) is 5.62. The summed E-state index contributed by atoms with van der Waals surface area (Å²) in [5.74, 6) is -0.432. The summed E-state index contributed by atoms with van der Waals surface area (Å²) in [5.41, 5.74) is 3.02. The summed E-state index contributed by atoms with van der Waals surface area (Å²) in [6, 6.07) is 6.90. The zero-order chi connectivity index (χ0) is 15.3. The number of nitrogens with zero attached hydrogens (tertiary/aromatic N) is 1. The normalized spacial score (nSPS) is 23.8. The molecule has 112 valence electrons. The predicted molar refractivity (Wildman–Crippen MR) is 83.8 cm³/mol. The van der Waals surface area contributed by atoms with Crippen molar-refractivity contribution in [2.75, 3.05) is 11.9 Å². The first-order valence-electron chi connectivity index (χ1n) is 7.10. The summed E-state index contributed by atoms with van der Waals surface area (Å²) < 4.78 is 0. The Morgan fingerprint density at radius 1 is 1.23 bits per heavy atom. The zero-order valence-corrected chi connectivity index (χ0v) is 12.5. The van der Waals surface area contributed by atoms with Gasteiger partial charge in [-0.05, 0) is 40.1 Å². The Bertz CT molecular complexity index is 757. The van der Waals surface area contributed by atoms with Crippen molar-refractivity contribution in [3.05, 3.63) is 40.6 Å². The van der Waals surface area contributed by atoms with Gasteiger partial charge in [0.15, 0.2) is 0 Å². The lowest BCUT2D eigenvalue weighted by Gasteiger charge is -2.19. The third kappa shape index (κ3) is 2.03. The van der Waals surface area contributed by atoms with Crippen LogP contribution in [0.2, 0.25) is 0 Å². The number of aliphatic hydroxyl groups is 1. The van der Waals surface area contributed by atoms with Gasteiger partial charge in [0.05, 0.1) is 17.4 Å². The standard InChI is InChI=1S/C16H14N2O3S/c19-11-6-14-15(20)17-13-2-1-9(10-3-4-22-8-10)5-12(13)16(21)18(14)7-11/h1-5,8,11,14,19H,6-7H2,(H,17,20). The molecule has 5 nitrogen and oxygen atoms in total. The monoisotopic (exact) mass is 314 g/mol. The maximum absolute atomic E-state index is 12.8. The Balaban J connectivity index is 1.80. The fourth-order valence-corrected chi connectivity index (χ4v) is 3.76. The molecular weight excluding hydrogens is 300 g/mol. The first-order valence-corrected chi connectivity index (χ1v) is 8.04. The third-order valence-electron chi connectivity index (χ3n) is 4.20. The topological polar surface area (TPSA) is 69.6 Å². The van der Waals surface area contributed by atoms with Crippen LogP contribution in [-0.2, 0) is 4.79 Å². The number of nitrogens with one attached hydrogen (secondary N) is 1. The zero-order valence-electron chi connectivity index (χ0n) is 11.7. The van der Waals surface area contributed by atoms with Gasteiger partial charge >= 0.3 is 0 Å². The number of carbonyl (C=O) groups excluding carboxylic acids is 2. The SMILES string of the molecule is O=C1Nc2ccc(-c3ccsc3)cc2C(=O)N2CC(O)CC12. The predicted octanol–water partition coefficient (Wildman–Crippen LogP) is 1.94. The molecule has 0 bridgehead atoms. The van der Waals surface area contributed by atoms with E-state index in [4.69, 9.17) is 0 Å². The molecule has 0 saturated carbocycles. The van der Waals surface area contributed by atoms with Crippen molar-refractivity contribution in [3.63, 3.8) is 0 Å². The van der Waals surface area contributed by atoms with E-state index in [-0.39, 0.29) is 18.4 Å². The first-order chi connectivity index (χ1) is 10.6. The van der Waals surface area contributed by atoms with Crippen LogP contribution in [0, 0.1) is 0 Å². The number of hydrogen-bond acceptors (Lipinski definition) is 4. The van der Waals surface area contributed by atoms with E-state index in [2.05, 4.69) is 5.32 Å². The van der Waals surface area contributed by atoms with Crippen LogP contribution >= 0.6 is 11.3 Å². The Morgan fingerprint density at radius 2 is 2.09 bits per heavy atom. The highest BCUT2D eigenvalue weighted by Crippen LogP contribution is 2.32. The second kappa shape index (κ2) is 4.93. The molecule has 0 radical (unpaired) electrons. The van der Waals surface area contributed by atoms with Gasteiger partial charge in [0.2, 0.25) is 5.91 Å². The summed E-state index contributed by atoms with van der Waals surface area (Å²) in [5, 5.41) is 16.6. The number of hydrogen-bond donors (Lipinski definition) is 2. The van der Waals surface area contributed by atoms with Crippen molar-refractivity contribution in [1.29, 1.82) is 0 Å². The van der Waals surface area contributed by atoms with Crippen molar-refractivity contribution >= 4 is 28.8 Å².